The van der Waals surface area contributed by atoms with Crippen molar-refractivity contribution in [2.45, 2.75) is 0 Å². The molecule has 6 heteroatoms. The molecule has 19 heavy (non-hydrogen) atoms. The fourth-order valence-corrected chi connectivity index (χ4v) is 3.22. The highest BCUT2D eigenvalue weighted by Crippen LogP contribution is 2.25. The highest BCUT2D eigenvalue weighted by Gasteiger charge is 2.19. The number of hydrogen-bond acceptors (Lipinski definition) is 4. The van der Waals surface area contributed by atoms with E-state index in [1.807, 2.05) is 41.8 Å². The van der Waals surface area contributed by atoms with Crippen LogP contribution in [-0.2, 0) is 0 Å². The Morgan fingerprint density at radius 1 is 1.21 bits per heavy atom. The van der Waals surface area contributed by atoms with Gasteiger partial charge in [0.15, 0.2) is 0 Å². The molecule has 3 rings (SSSR count). The Balaban J connectivity index is 2.06. The number of nitrogens with zero attached hydrogens (tertiary/aromatic N) is 3. The highest BCUT2D eigenvalue weighted by atomic mass is 79.9. The molecule has 0 spiro atoms. The lowest BCUT2D eigenvalue weighted by molar-refractivity contribution is 0.103. The summed E-state index contributed by atoms with van der Waals surface area (Å²) < 4.78 is 2.34. The molecule has 0 bridgehead atoms. The minimum atomic E-state index is -0.0873. The van der Waals surface area contributed by atoms with Crippen LogP contribution in [-0.4, -0.2) is 20.8 Å². The Hall–Kier alpha value is -1.79. The third kappa shape index (κ3) is 2.24. The van der Waals surface area contributed by atoms with Gasteiger partial charge in [-0.15, -0.1) is 16.4 Å². The molecule has 0 aliphatic carbocycles. The summed E-state index contributed by atoms with van der Waals surface area (Å²) in [5.74, 6) is -0.0873. The number of thiophene rings is 1. The van der Waals surface area contributed by atoms with Gasteiger partial charge in [0.1, 0.15) is 5.69 Å². The standard InChI is InChI=1S/C13H8BrN3OS/c14-10-6-7-19-13(10)12(18)11-8-15-16-17(11)9-4-2-1-3-5-9/h1-8H. The van der Waals surface area contributed by atoms with Crippen LogP contribution >= 0.6 is 27.3 Å². The van der Waals surface area contributed by atoms with Crippen molar-refractivity contribution in [1.82, 2.24) is 15.0 Å². The average Bonchev–Trinajstić information content (AvgIpc) is 3.07. The van der Waals surface area contributed by atoms with Crippen molar-refractivity contribution in [2.24, 2.45) is 0 Å². The summed E-state index contributed by atoms with van der Waals surface area (Å²) in [6.07, 6.45) is 1.49. The first-order valence-electron chi connectivity index (χ1n) is 5.51. The van der Waals surface area contributed by atoms with Crippen molar-refractivity contribution in [3.8, 4) is 5.69 Å². The highest BCUT2D eigenvalue weighted by molar-refractivity contribution is 9.10. The van der Waals surface area contributed by atoms with Crippen LogP contribution in [0.4, 0.5) is 0 Å². The quantitative estimate of drug-likeness (QED) is 0.691. The first-order chi connectivity index (χ1) is 9.27. The molecule has 0 fully saturated rings. The Kier molecular flexibility index (Phi) is 3.27. The lowest BCUT2D eigenvalue weighted by atomic mass is 10.2. The second kappa shape index (κ2) is 5.07. The topological polar surface area (TPSA) is 47.8 Å². The Bertz CT molecular complexity index is 720. The maximum atomic E-state index is 12.5. The summed E-state index contributed by atoms with van der Waals surface area (Å²) in [6.45, 7) is 0. The molecule has 0 saturated carbocycles. The fraction of sp³-hybridized carbons (Fsp3) is 0. The number of carbonyl (C=O) groups is 1. The lowest BCUT2D eigenvalue weighted by Gasteiger charge is -2.04. The average molecular weight is 334 g/mol. The van der Waals surface area contributed by atoms with Gasteiger partial charge in [-0.3, -0.25) is 4.79 Å². The predicted octanol–water partition coefficient (Wildman–Crippen LogP) is 3.32. The maximum Gasteiger partial charge on any atom is 0.224 e. The molecule has 1 aromatic carbocycles. The van der Waals surface area contributed by atoms with Gasteiger partial charge in [-0.2, -0.15) is 0 Å². The van der Waals surface area contributed by atoms with Gasteiger partial charge in [0.25, 0.3) is 0 Å². The van der Waals surface area contributed by atoms with Crippen molar-refractivity contribution in [3.05, 3.63) is 63.0 Å². The second-order valence-corrected chi connectivity index (χ2v) is 5.56. The number of ketones is 1. The number of aromatic nitrogens is 3. The molecule has 0 aliphatic rings. The normalized spacial score (nSPS) is 10.6. The molecular formula is C13H8BrN3OS. The fourth-order valence-electron chi connectivity index (χ4n) is 1.72. The van der Waals surface area contributed by atoms with Crippen molar-refractivity contribution >= 4 is 33.0 Å². The van der Waals surface area contributed by atoms with Crippen LogP contribution in [0.5, 0.6) is 0 Å². The van der Waals surface area contributed by atoms with Crippen LogP contribution < -0.4 is 0 Å². The Morgan fingerprint density at radius 2 is 2.00 bits per heavy atom. The van der Waals surface area contributed by atoms with Gasteiger partial charge >= 0.3 is 0 Å². The number of carbonyl (C=O) groups excluding carboxylic acids is 1. The van der Waals surface area contributed by atoms with Gasteiger partial charge in [-0.25, -0.2) is 4.68 Å². The molecule has 0 N–H and O–H groups in total. The van der Waals surface area contributed by atoms with E-state index in [-0.39, 0.29) is 5.78 Å². The molecular weight excluding hydrogens is 326 g/mol. The monoisotopic (exact) mass is 333 g/mol. The van der Waals surface area contributed by atoms with E-state index < -0.39 is 0 Å². The second-order valence-electron chi connectivity index (χ2n) is 3.79. The molecule has 0 amide bonds. The smallest absolute Gasteiger partial charge is 0.224 e. The van der Waals surface area contributed by atoms with E-state index >= 15 is 0 Å². The number of para-hydroxylation sites is 1. The zero-order chi connectivity index (χ0) is 13.2. The van der Waals surface area contributed by atoms with Crippen molar-refractivity contribution in [3.63, 3.8) is 0 Å². The van der Waals surface area contributed by atoms with E-state index in [4.69, 9.17) is 0 Å². The molecule has 2 heterocycles. The van der Waals surface area contributed by atoms with Gasteiger partial charge in [0, 0.05) is 4.47 Å². The molecule has 0 unspecified atom stereocenters. The van der Waals surface area contributed by atoms with E-state index in [0.29, 0.717) is 10.6 Å². The van der Waals surface area contributed by atoms with E-state index in [2.05, 4.69) is 26.2 Å². The summed E-state index contributed by atoms with van der Waals surface area (Å²) >= 11 is 4.77. The molecule has 4 nitrogen and oxygen atoms in total. The molecule has 0 aliphatic heterocycles. The van der Waals surface area contributed by atoms with Crippen LogP contribution in [0.2, 0.25) is 0 Å². The molecule has 0 saturated heterocycles. The van der Waals surface area contributed by atoms with Gasteiger partial charge in [-0.1, -0.05) is 23.4 Å². The van der Waals surface area contributed by atoms with Gasteiger partial charge in [0.2, 0.25) is 5.78 Å². The van der Waals surface area contributed by atoms with Crippen LogP contribution in [0, 0.1) is 0 Å². The largest absolute Gasteiger partial charge is 0.286 e. The zero-order valence-electron chi connectivity index (χ0n) is 9.65. The maximum absolute atomic E-state index is 12.5. The zero-order valence-corrected chi connectivity index (χ0v) is 12.1. The number of hydrogen-bond donors (Lipinski definition) is 0. The molecule has 2 aromatic heterocycles. The summed E-state index contributed by atoms with van der Waals surface area (Å²) in [5, 5.41) is 9.69. The van der Waals surface area contributed by atoms with Crippen LogP contribution in [0.15, 0.2) is 52.4 Å². The molecule has 3 aromatic rings. The predicted molar refractivity (Wildman–Crippen MR) is 76.8 cm³/mol. The number of rotatable bonds is 3. The minimum Gasteiger partial charge on any atom is -0.286 e. The summed E-state index contributed by atoms with van der Waals surface area (Å²) in [7, 11) is 0. The summed E-state index contributed by atoms with van der Waals surface area (Å²) in [4.78, 5) is 13.1. The van der Waals surface area contributed by atoms with Gasteiger partial charge in [0.05, 0.1) is 16.8 Å². The van der Waals surface area contributed by atoms with Crippen molar-refractivity contribution < 1.29 is 4.79 Å². The number of halogens is 1. The Labute approximate surface area is 121 Å². The van der Waals surface area contributed by atoms with E-state index in [1.165, 1.54) is 17.5 Å². The summed E-state index contributed by atoms with van der Waals surface area (Å²) in [6, 6.07) is 11.3. The molecule has 94 valence electrons. The molecule has 0 atom stereocenters. The van der Waals surface area contributed by atoms with E-state index in [9.17, 15) is 4.79 Å². The van der Waals surface area contributed by atoms with Crippen LogP contribution in [0.3, 0.4) is 0 Å². The van der Waals surface area contributed by atoms with E-state index in [1.54, 1.807) is 4.68 Å². The van der Waals surface area contributed by atoms with Crippen molar-refractivity contribution in [2.75, 3.05) is 0 Å². The third-order valence-electron chi connectivity index (χ3n) is 2.61. The first-order valence-corrected chi connectivity index (χ1v) is 7.18. The third-order valence-corrected chi connectivity index (χ3v) is 4.44. The lowest BCUT2D eigenvalue weighted by Crippen LogP contribution is -2.09. The number of benzene rings is 1. The Morgan fingerprint density at radius 3 is 2.68 bits per heavy atom. The van der Waals surface area contributed by atoms with Crippen molar-refractivity contribution in [1.29, 1.82) is 0 Å². The minimum absolute atomic E-state index is 0.0873. The SMILES string of the molecule is O=C(c1sccc1Br)c1cnnn1-c1ccccc1. The molecule has 0 radical (unpaired) electrons. The van der Waals surface area contributed by atoms with Crippen LogP contribution in [0.1, 0.15) is 15.4 Å². The summed E-state index contributed by atoms with van der Waals surface area (Å²) in [5.41, 5.74) is 1.27. The van der Waals surface area contributed by atoms with E-state index in [0.717, 1.165) is 10.2 Å². The first kappa shape index (κ1) is 12.3. The van der Waals surface area contributed by atoms with Gasteiger partial charge < -0.3 is 0 Å². The van der Waals surface area contributed by atoms with Gasteiger partial charge in [-0.05, 0) is 39.5 Å². The van der Waals surface area contributed by atoms with Crippen LogP contribution in [0.25, 0.3) is 5.69 Å².